The van der Waals surface area contributed by atoms with Crippen LogP contribution in [-0.4, -0.2) is 40.1 Å². The monoisotopic (exact) mass is 382 g/mol. The minimum absolute atomic E-state index is 0.0955. The molecular weight excluding hydrogens is 356 g/mol. The lowest BCUT2D eigenvalue weighted by Gasteiger charge is -2.33. The summed E-state index contributed by atoms with van der Waals surface area (Å²) < 4.78 is 11.8. The van der Waals surface area contributed by atoms with Crippen molar-refractivity contribution >= 4 is 11.9 Å². The van der Waals surface area contributed by atoms with Crippen LogP contribution in [-0.2, 0) is 11.2 Å². The normalized spacial score (nSPS) is 23.6. The van der Waals surface area contributed by atoms with E-state index < -0.39 is 6.04 Å². The third-order valence-electron chi connectivity index (χ3n) is 6.44. The fourth-order valence-corrected chi connectivity index (χ4v) is 4.32. The Morgan fingerprint density at radius 2 is 2.00 bits per heavy atom. The highest BCUT2D eigenvalue weighted by molar-refractivity contribution is 5.83. The van der Waals surface area contributed by atoms with Gasteiger partial charge in [0.25, 0.3) is 5.89 Å². The quantitative estimate of drug-likeness (QED) is 0.874. The van der Waals surface area contributed by atoms with Gasteiger partial charge in [-0.1, -0.05) is 23.3 Å². The Kier molecular flexibility index (Phi) is 4.25. The summed E-state index contributed by atoms with van der Waals surface area (Å²) in [6.45, 7) is 3.56. The smallest absolute Gasteiger partial charge is 0.316 e. The summed E-state index contributed by atoms with van der Waals surface area (Å²) in [6, 6.07) is 7.89. The molecule has 2 aliphatic heterocycles. The number of nitrogens with one attached hydrogen (secondary N) is 1. The fourth-order valence-electron chi connectivity index (χ4n) is 4.32. The van der Waals surface area contributed by atoms with E-state index in [0.717, 1.165) is 44.5 Å². The number of anilines is 1. The maximum Gasteiger partial charge on any atom is 0.316 e. The Hall–Kier alpha value is -2.57. The molecule has 3 aliphatic rings. The molecule has 5 rings (SSSR count). The lowest BCUT2D eigenvalue weighted by atomic mass is 9.93. The molecule has 0 unspecified atom stereocenters. The number of rotatable bonds is 4. The number of aryl methyl sites for hydroxylation is 1. The molecule has 1 N–H and O–H groups in total. The van der Waals surface area contributed by atoms with Crippen LogP contribution in [0.4, 0.5) is 6.01 Å². The Labute approximate surface area is 164 Å². The molecule has 2 aromatic rings. The van der Waals surface area contributed by atoms with E-state index >= 15 is 0 Å². The summed E-state index contributed by atoms with van der Waals surface area (Å²) in [5, 5.41) is 11.3. The molecule has 2 fully saturated rings. The van der Waals surface area contributed by atoms with Crippen molar-refractivity contribution in [2.45, 2.75) is 57.6 Å². The van der Waals surface area contributed by atoms with Gasteiger partial charge in [0.2, 0.25) is 5.91 Å². The van der Waals surface area contributed by atoms with E-state index in [-0.39, 0.29) is 18.0 Å². The summed E-state index contributed by atoms with van der Waals surface area (Å²) in [5.74, 6) is 1.41. The summed E-state index contributed by atoms with van der Waals surface area (Å²) in [5.41, 5.74) is 1.76. The summed E-state index contributed by atoms with van der Waals surface area (Å²) in [4.78, 5) is 14.7. The van der Waals surface area contributed by atoms with Crippen LogP contribution in [0.3, 0.4) is 0 Å². The maximum absolute atomic E-state index is 12.7. The highest BCUT2D eigenvalue weighted by Gasteiger charge is 2.45. The Balaban J connectivity index is 1.19. The molecule has 7 heteroatoms. The lowest BCUT2D eigenvalue weighted by Crippen LogP contribution is -2.45. The number of carbonyl (C=O) groups is 1. The van der Waals surface area contributed by atoms with Gasteiger partial charge in [-0.3, -0.25) is 4.79 Å². The van der Waals surface area contributed by atoms with E-state index in [9.17, 15) is 4.79 Å². The Morgan fingerprint density at radius 1 is 1.21 bits per heavy atom. The zero-order valence-electron chi connectivity index (χ0n) is 16.2. The van der Waals surface area contributed by atoms with Crippen molar-refractivity contribution in [3.8, 4) is 5.75 Å². The zero-order chi connectivity index (χ0) is 19.1. The molecule has 1 aromatic carbocycles. The molecule has 28 heavy (non-hydrogen) atoms. The Morgan fingerprint density at radius 3 is 2.79 bits per heavy atom. The van der Waals surface area contributed by atoms with Crippen LogP contribution in [0.5, 0.6) is 5.75 Å². The fraction of sp³-hybridized carbons (Fsp3) is 0.571. The van der Waals surface area contributed by atoms with Crippen LogP contribution in [0, 0.1) is 5.41 Å². The number of para-hydroxylation sites is 1. The molecular formula is C21H26N4O3. The second-order valence-electron chi connectivity index (χ2n) is 8.39. The summed E-state index contributed by atoms with van der Waals surface area (Å²) in [6.07, 6.45) is 6.40. The van der Waals surface area contributed by atoms with Crippen molar-refractivity contribution in [2.24, 2.45) is 5.41 Å². The van der Waals surface area contributed by atoms with Gasteiger partial charge in [0, 0.05) is 13.1 Å². The van der Waals surface area contributed by atoms with Gasteiger partial charge >= 0.3 is 6.01 Å². The molecule has 1 saturated carbocycles. The molecule has 0 radical (unpaired) electrons. The molecule has 0 bridgehead atoms. The second kappa shape index (κ2) is 6.79. The SMILES string of the molecule is C[C@@H](Nc1nnc([C@H]2CCc3ccccc3O2)o1)C(=O)N1CCC2(CC1)CC2. The number of hydrogen-bond donors (Lipinski definition) is 1. The topological polar surface area (TPSA) is 80.5 Å². The number of piperidine rings is 1. The first-order chi connectivity index (χ1) is 13.6. The number of nitrogens with zero attached hydrogens (tertiary/aromatic N) is 3. The average molecular weight is 382 g/mol. The summed E-state index contributed by atoms with van der Waals surface area (Å²) >= 11 is 0. The first kappa shape index (κ1) is 17.5. The van der Waals surface area contributed by atoms with E-state index in [1.807, 2.05) is 30.0 Å². The van der Waals surface area contributed by atoms with Crippen LogP contribution in [0.25, 0.3) is 0 Å². The number of carbonyl (C=O) groups excluding carboxylic acids is 1. The van der Waals surface area contributed by atoms with E-state index in [2.05, 4.69) is 21.6 Å². The van der Waals surface area contributed by atoms with Crippen LogP contribution in [0.15, 0.2) is 28.7 Å². The van der Waals surface area contributed by atoms with Crippen LogP contribution in [0.2, 0.25) is 0 Å². The maximum atomic E-state index is 12.7. The van der Waals surface area contributed by atoms with Crippen molar-refractivity contribution in [2.75, 3.05) is 18.4 Å². The minimum Gasteiger partial charge on any atom is -0.480 e. The molecule has 1 aromatic heterocycles. The molecule has 1 saturated heterocycles. The number of ether oxygens (including phenoxy) is 1. The molecule has 1 amide bonds. The number of amides is 1. The van der Waals surface area contributed by atoms with Crippen molar-refractivity contribution in [3.05, 3.63) is 35.7 Å². The predicted octanol–water partition coefficient (Wildman–Crippen LogP) is 3.34. The summed E-state index contributed by atoms with van der Waals surface area (Å²) in [7, 11) is 0. The van der Waals surface area contributed by atoms with Crippen LogP contribution >= 0.6 is 0 Å². The lowest BCUT2D eigenvalue weighted by molar-refractivity contribution is -0.133. The molecule has 2 atom stereocenters. The first-order valence-electron chi connectivity index (χ1n) is 10.3. The Bertz CT molecular complexity index is 866. The van der Waals surface area contributed by atoms with Crippen LogP contribution in [0.1, 0.15) is 56.6 Å². The van der Waals surface area contributed by atoms with Crippen LogP contribution < -0.4 is 10.1 Å². The van der Waals surface area contributed by atoms with Crippen molar-refractivity contribution < 1.29 is 13.9 Å². The molecule has 148 valence electrons. The number of fused-ring (bicyclic) bond motifs is 1. The van der Waals surface area contributed by atoms with Gasteiger partial charge in [-0.15, -0.1) is 5.10 Å². The first-order valence-corrected chi connectivity index (χ1v) is 10.3. The standard InChI is InChI=1S/C21H26N4O3/c1-14(19(26)25-12-10-21(8-9-21)11-13-25)22-20-24-23-18(28-20)17-7-6-15-4-2-3-5-16(15)27-17/h2-5,14,17H,6-13H2,1H3,(H,22,24)/t14-,17-/m1/s1. The molecule has 1 aliphatic carbocycles. The van der Waals surface area contributed by atoms with E-state index in [1.165, 1.54) is 18.4 Å². The minimum atomic E-state index is -0.394. The van der Waals surface area contributed by atoms with Gasteiger partial charge in [-0.05, 0) is 62.5 Å². The van der Waals surface area contributed by atoms with Crippen molar-refractivity contribution in [3.63, 3.8) is 0 Å². The molecule has 7 nitrogen and oxygen atoms in total. The van der Waals surface area contributed by atoms with Crippen molar-refractivity contribution in [1.29, 1.82) is 0 Å². The van der Waals surface area contributed by atoms with Gasteiger partial charge in [-0.25, -0.2) is 0 Å². The second-order valence-corrected chi connectivity index (χ2v) is 8.39. The average Bonchev–Trinajstić information content (AvgIpc) is 3.31. The highest BCUT2D eigenvalue weighted by Crippen LogP contribution is 2.53. The number of benzene rings is 1. The van der Waals surface area contributed by atoms with Gasteiger partial charge in [-0.2, -0.15) is 0 Å². The number of hydrogen-bond acceptors (Lipinski definition) is 6. The van der Waals surface area contributed by atoms with Crippen molar-refractivity contribution in [1.82, 2.24) is 15.1 Å². The number of aromatic nitrogens is 2. The van der Waals surface area contributed by atoms with Gasteiger partial charge < -0.3 is 19.4 Å². The third-order valence-corrected chi connectivity index (χ3v) is 6.44. The third kappa shape index (κ3) is 3.34. The molecule has 1 spiro atoms. The van der Waals surface area contributed by atoms with E-state index in [1.54, 1.807) is 0 Å². The van der Waals surface area contributed by atoms with E-state index in [4.69, 9.17) is 9.15 Å². The highest BCUT2D eigenvalue weighted by atomic mass is 16.5. The van der Waals surface area contributed by atoms with Gasteiger partial charge in [0.15, 0.2) is 6.10 Å². The van der Waals surface area contributed by atoms with E-state index in [0.29, 0.717) is 11.3 Å². The molecule has 3 heterocycles. The zero-order valence-corrected chi connectivity index (χ0v) is 16.2. The van der Waals surface area contributed by atoms with Gasteiger partial charge in [0.1, 0.15) is 11.8 Å². The largest absolute Gasteiger partial charge is 0.480 e. The predicted molar refractivity (Wildman–Crippen MR) is 103 cm³/mol. The number of likely N-dealkylation sites (tertiary alicyclic amines) is 1. The van der Waals surface area contributed by atoms with Gasteiger partial charge in [0.05, 0.1) is 0 Å².